The summed E-state index contributed by atoms with van der Waals surface area (Å²) in [7, 11) is 0. The third-order valence-electron chi connectivity index (χ3n) is 5.89. The molecule has 34 heavy (non-hydrogen) atoms. The number of ether oxygens (including phenoxy) is 1. The molecule has 1 saturated heterocycles. The minimum atomic E-state index is -0.307. The van der Waals surface area contributed by atoms with Gasteiger partial charge < -0.3 is 15.4 Å². The Kier molecular flexibility index (Phi) is 6.51. The number of rotatable bonds is 7. The Morgan fingerprint density at radius 1 is 1.03 bits per heavy atom. The Hall–Kier alpha value is -3.75. The fourth-order valence-corrected chi connectivity index (χ4v) is 4.07. The van der Waals surface area contributed by atoms with Gasteiger partial charge >= 0.3 is 0 Å². The van der Waals surface area contributed by atoms with Gasteiger partial charge in [-0.3, -0.25) is 9.69 Å². The fraction of sp³-hybridized carbons (Fsp3) is 0.231. The van der Waals surface area contributed by atoms with Crippen LogP contribution in [0.25, 0.3) is 16.6 Å². The highest BCUT2D eigenvalue weighted by atomic mass is 19.1. The van der Waals surface area contributed by atoms with Crippen LogP contribution in [0.15, 0.2) is 72.9 Å². The molecule has 0 radical (unpaired) electrons. The Labute approximate surface area is 197 Å². The molecule has 4 aromatic rings. The number of carbonyl (C=O) groups is 1. The number of fused-ring (bicyclic) bond motifs is 1. The Balaban J connectivity index is 1.29. The molecule has 0 atom stereocenters. The van der Waals surface area contributed by atoms with Crippen molar-refractivity contribution in [2.75, 3.05) is 44.7 Å². The van der Waals surface area contributed by atoms with E-state index in [2.05, 4.69) is 20.6 Å². The Bertz CT molecular complexity index is 1300. The maximum Gasteiger partial charge on any atom is 0.251 e. The van der Waals surface area contributed by atoms with Crippen LogP contribution in [0, 0.1) is 5.82 Å². The van der Waals surface area contributed by atoms with Crippen molar-refractivity contribution in [3.8, 4) is 5.69 Å². The van der Waals surface area contributed by atoms with E-state index in [0.717, 1.165) is 55.1 Å². The van der Waals surface area contributed by atoms with Crippen molar-refractivity contribution in [3.05, 3.63) is 84.3 Å². The van der Waals surface area contributed by atoms with E-state index in [-0.39, 0.29) is 11.7 Å². The van der Waals surface area contributed by atoms with Crippen LogP contribution in [0.4, 0.5) is 15.8 Å². The van der Waals surface area contributed by atoms with Crippen LogP contribution in [0.2, 0.25) is 0 Å². The first-order valence-corrected chi connectivity index (χ1v) is 11.4. The van der Waals surface area contributed by atoms with Crippen LogP contribution in [0.1, 0.15) is 10.4 Å². The molecular formula is C26H26FN5O2. The van der Waals surface area contributed by atoms with Crippen molar-refractivity contribution in [1.29, 1.82) is 0 Å². The molecular weight excluding hydrogens is 433 g/mol. The van der Waals surface area contributed by atoms with Gasteiger partial charge in [-0.05, 0) is 48.5 Å². The van der Waals surface area contributed by atoms with Gasteiger partial charge in [0.05, 0.1) is 36.3 Å². The standard InChI is InChI=1S/C26H26FN5O2/c27-23-6-1-2-7-24(23)30-21-8-9-25-20(16-21)18-29-32(25)22-5-3-4-19(17-22)26(33)28-10-11-31-12-14-34-15-13-31/h1-9,16-18,30H,10-15H2,(H,28,33). The Morgan fingerprint density at radius 2 is 1.88 bits per heavy atom. The fourth-order valence-electron chi connectivity index (χ4n) is 4.07. The van der Waals surface area contributed by atoms with Gasteiger partial charge in [0.2, 0.25) is 0 Å². The molecule has 1 amide bonds. The molecule has 1 aliphatic heterocycles. The molecule has 0 bridgehead atoms. The van der Waals surface area contributed by atoms with E-state index in [4.69, 9.17) is 4.74 Å². The molecule has 0 aliphatic carbocycles. The number of anilines is 2. The monoisotopic (exact) mass is 459 g/mol. The predicted octanol–water partition coefficient (Wildman–Crippen LogP) is 3.97. The van der Waals surface area contributed by atoms with E-state index in [1.165, 1.54) is 6.07 Å². The van der Waals surface area contributed by atoms with Gasteiger partial charge in [-0.1, -0.05) is 18.2 Å². The highest BCUT2D eigenvalue weighted by Crippen LogP contribution is 2.25. The van der Waals surface area contributed by atoms with Gasteiger partial charge in [-0.25, -0.2) is 9.07 Å². The highest BCUT2D eigenvalue weighted by Gasteiger charge is 2.13. The SMILES string of the molecule is O=C(NCCN1CCOCC1)c1cccc(-n2ncc3cc(Nc4ccccc4F)ccc32)c1. The lowest BCUT2D eigenvalue weighted by Gasteiger charge is -2.26. The molecule has 7 nitrogen and oxygen atoms in total. The van der Waals surface area contributed by atoms with E-state index in [1.807, 2.05) is 36.4 Å². The van der Waals surface area contributed by atoms with Crippen LogP contribution in [0.5, 0.6) is 0 Å². The normalized spacial score (nSPS) is 14.3. The predicted molar refractivity (Wildman–Crippen MR) is 130 cm³/mol. The topological polar surface area (TPSA) is 71.4 Å². The van der Waals surface area contributed by atoms with Gasteiger partial charge in [0.25, 0.3) is 5.91 Å². The minimum absolute atomic E-state index is 0.108. The quantitative estimate of drug-likeness (QED) is 0.438. The lowest BCUT2D eigenvalue weighted by molar-refractivity contribution is 0.0383. The van der Waals surface area contributed by atoms with Crippen molar-refractivity contribution < 1.29 is 13.9 Å². The second-order valence-corrected chi connectivity index (χ2v) is 8.20. The molecule has 1 fully saturated rings. The summed E-state index contributed by atoms with van der Waals surface area (Å²) in [6.07, 6.45) is 1.76. The molecule has 0 spiro atoms. The molecule has 2 heterocycles. The third-order valence-corrected chi connectivity index (χ3v) is 5.89. The van der Waals surface area contributed by atoms with Crippen molar-refractivity contribution in [2.24, 2.45) is 0 Å². The van der Waals surface area contributed by atoms with Crippen molar-refractivity contribution in [2.45, 2.75) is 0 Å². The molecule has 3 aromatic carbocycles. The van der Waals surface area contributed by atoms with E-state index in [0.29, 0.717) is 17.8 Å². The highest BCUT2D eigenvalue weighted by molar-refractivity contribution is 5.95. The van der Waals surface area contributed by atoms with Gasteiger partial charge in [0, 0.05) is 42.8 Å². The van der Waals surface area contributed by atoms with Gasteiger partial charge in [0.1, 0.15) is 5.82 Å². The lowest BCUT2D eigenvalue weighted by atomic mass is 10.1. The minimum Gasteiger partial charge on any atom is -0.379 e. The number of hydrogen-bond donors (Lipinski definition) is 2. The molecule has 174 valence electrons. The molecule has 1 aromatic heterocycles. The second-order valence-electron chi connectivity index (χ2n) is 8.20. The first kappa shape index (κ1) is 22.1. The Morgan fingerprint density at radius 3 is 2.74 bits per heavy atom. The summed E-state index contributed by atoms with van der Waals surface area (Å²) in [5.41, 5.74) is 3.46. The summed E-state index contributed by atoms with van der Waals surface area (Å²) < 4.78 is 21.1. The molecule has 5 rings (SSSR count). The number of benzene rings is 3. The van der Waals surface area contributed by atoms with Crippen LogP contribution in [0.3, 0.4) is 0 Å². The number of para-hydroxylation sites is 1. The first-order chi connectivity index (χ1) is 16.7. The summed E-state index contributed by atoms with van der Waals surface area (Å²) in [4.78, 5) is 15.0. The molecule has 8 heteroatoms. The summed E-state index contributed by atoms with van der Waals surface area (Å²) in [5.74, 6) is -0.415. The molecule has 2 N–H and O–H groups in total. The molecule has 1 aliphatic rings. The van der Waals surface area contributed by atoms with Crippen LogP contribution in [-0.2, 0) is 4.74 Å². The summed E-state index contributed by atoms with van der Waals surface area (Å²) in [5, 5.41) is 11.5. The van der Waals surface area contributed by atoms with E-state index in [1.54, 1.807) is 35.1 Å². The average molecular weight is 460 g/mol. The third kappa shape index (κ3) is 4.93. The number of halogens is 1. The van der Waals surface area contributed by atoms with Crippen molar-refractivity contribution in [1.82, 2.24) is 20.0 Å². The number of nitrogens with one attached hydrogen (secondary N) is 2. The summed E-state index contributed by atoms with van der Waals surface area (Å²) in [6.45, 7) is 4.68. The number of aromatic nitrogens is 2. The van der Waals surface area contributed by atoms with Crippen LogP contribution >= 0.6 is 0 Å². The summed E-state index contributed by atoms with van der Waals surface area (Å²) >= 11 is 0. The van der Waals surface area contributed by atoms with E-state index < -0.39 is 0 Å². The van der Waals surface area contributed by atoms with E-state index in [9.17, 15) is 9.18 Å². The van der Waals surface area contributed by atoms with E-state index >= 15 is 0 Å². The van der Waals surface area contributed by atoms with Crippen LogP contribution < -0.4 is 10.6 Å². The number of hydrogen-bond acceptors (Lipinski definition) is 5. The van der Waals surface area contributed by atoms with Crippen molar-refractivity contribution >= 4 is 28.2 Å². The zero-order valence-corrected chi connectivity index (χ0v) is 18.7. The number of morpholine rings is 1. The maximum atomic E-state index is 14.0. The number of nitrogens with zero attached hydrogens (tertiary/aromatic N) is 3. The van der Waals surface area contributed by atoms with Gasteiger partial charge in [-0.2, -0.15) is 5.10 Å². The largest absolute Gasteiger partial charge is 0.379 e. The second kappa shape index (κ2) is 10.0. The maximum absolute atomic E-state index is 14.0. The summed E-state index contributed by atoms with van der Waals surface area (Å²) in [6, 6.07) is 19.7. The van der Waals surface area contributed by atoms with Gasteiger partial charge in [-0.15, -0.1) is 0 Å². The first-order valence-electron chi connectivity index (χ1n) is 11.4. The zero-order chi connectivity index (χ0) is 23.3. The zero-order valence-electron chi connectivity index (χ0n) is 18.7. The van der Waals surface area contributed by atoms with Crippen LogP contribution in [-0.4, -0.2) is 60.0 Å². The number of amides is 1. The van der Waals surface area contributed by atoms with Crippen molar-refractivity contribution in [3.63, 3.8) is 0 Å². The molecule has 0 unspecified atom stereocenters. The average Bonchev–Trinajstić information content (AvgIpc) is 3.29. The smallest absolute Gasteiger partial charge is 0.251 e. The number of carbonyl (C=O) groups excluding carboxylic acids is 1. The molecule has 0 saturated carbocycles. The van der Waals surface area contributed by atoms with Gasteiger partial charge in [0.15, 0.2) is 0 Å². The lowest BCUT2D eigenvalue weighted by Crippen LogP contribution is -2.41.